The van der Waals surface area contributed by atoms with Crippen molar-refractivity contribution < 1.29 is 9.47 Å². The predicted octanol–water partition coefficient (Wildman–Crippen LogP) is 2.91. The molecule has 0 fully saturated rings. The molecule has 1 aliphatic heterocycles. The molecule has 0 amide bonds. The summed E-state index contributed by atoms with van der Waals surface area (Å²) in [4.78, 5) is 0. The third-order valence-electron chi connectivity index (χ3n) is 3.12. The maximum absolute atomic E-state index is 6.00. The fourth-order valence-corrected chi connectivity index (χ4v) is 2.39. The Kier molecular flexibility index (Phi) is 3.29. The molecule has 94 valence electrons. The topological polar surface area (TPSA) is 30.5 Å². The molecule has 17 heavy (non-hydrogen) atoms. The molecule has 0 saturated heterocycles. The van der Waals surface area contributed by atoms with E-state index < -0.39 is 0 Å². The molecule has 0 aromatic heterocycles. The number of hydrogen-bond donors (Lipinski definition) is 1. The zero-order chi connectivity index (χ0) is 12.5. The van der Waals surface area contributed by atoms with E-state index in [0.29, 0.717) is 6.04 Å². The van der Waals surface area contributed by atoms with E-state index in [1.807, 2.05) is 12.1 Å². The van der Waals surface area contributed by atoms with Crippen LogP contribution in [0.3, 0.4) is 0 Å². The van der Waals surface area contributed by atoms with Crippen LogP contribution in [0.5, 0.6) is 11.5 Å². The Morgan fingerprint density at radius 3 is 2.88 bits per heavy atom. The molecule has 2 rings (SSSR count). The number of rotatable bonds is 3. The van der Waals surface area contributed by atoms with Gasteiger partial charge in [0.2, 0.25) is 0 Å². The molecule has 1 aliphatic rings. The minimum atomic E-state index is -0.117. The summed E-state index contributed by atoms with van der Waals surface area (Å²) in [6.45, 7) is 7.34. The van der Waals surface area contributed by atoms with Gasteiger partial charge in [-0.2, -0.15) is 0 Å². The number of fused-ring (bicyclic) bond motifs is 1. The van der Waals surface area contributed by atoms with Gasteiger partial charge in [0.25, 0.3) is 0 Å². The molecule has 1 unspecified atom stereocenters. The minimum absolute atomic E-state index is 0.117. The molecule has 3 nitrogen and oxygen atoms in total. The Balaban J connectivity index is 2.38. The normalized spacial score (nSPS) is 21.5. The van der Waals surface area contributed by atoms with Crippen molar-refractivity contribution in [3.8, 4) is 11.5 Å². The van der Waals surface area contributed by atoms with Crippen LogP contribution in [0, 0.1) is 0 Å². The summed E-state index contributed by atoms with van der Waals surface area (Å²) in [5.74, 6) is 1.85. The zero-order valence-electron chi connectivity index (χ0n) is 11.0. The molecule has 3 heteroatoms. The summed E-state index contributed by atoms with van der Waals surface area (Å²) in [6, 6.07) is 6.36. The van der Waals surface area contributed by atoms with Crippen molar-refractivity contribution in [3.05, 3.63) is 23.8 Å². The van der Waals surface area contributed by atoms with E-state index in [0.717, 1.165) is 24.5 Å². The van der Waals surface area contributed by atoms with E-state index >= 15 is 0 Å². The summed E-state index contributed by atoms with van der Waals surface area (Å²) >= 11 is 0. The number of ether oxygens (including phenoxy) is 2. The molecule has 1 aromatic carbocycles. The highest BCUT2D eigenvalue weighted by molar-refractivity contribution is 5.44. The average Bonchev–Trinajstić information content (AvgIpc) is 2.27. The van der Waals surface area contributed by atoms with Crippen molar-refractivity contribution in [2.75, 3.05) is 13.7 Å². The fraction of sp³-hybridized carbons (Fsp3) is 0.571. The molecular weight excluding hydrogens is 214 g/mol. The average molecular weight is 235 g/mol. The molecule has 1 N–H and O–H groups in total. The van der Waals surface area contributed by atoms with Crippen molar-refractivity contribution >= 4 is 0 Å². The van der Waals surface area contributed by atoms with Crippen molar-refractivity contribution in [3.63, 3.8) is 0 Å². The second-order valence-corrected chi connectivity index (χ2v) is 5.08. The molecule has 0 radical (unpaired) electrons. The highest BCUT2D eigenvalue weighted by Crippen LogP contribution is 2.40. The number of methoxy groups -OCH3 is 1. The Bertz CT molecular complexity index is 401. The van der Waals surface area contributed by atoms with Crippen LogP contribution in [-0.2, 0) is 0 Å². The van der Waals surface area contributed by atoms with Crippen LogP contribution in [0.4, 0.5) is 0 Å². The highest BCUT2D eigenvalue weighted by atomic mass is 16.5. The monoisotopic (exact) mass is 235 g/mol. The third kappa shape index (κ3) is 2.55. The van der Waals surface area contributed by atoms with E-state index in [-0.39, 0.29) is 5.60 Å². The van der Waals surface area contributed by atoms with Gasteiger partial charge in [-0.05, 0) is 38.6 Å². The lowest BCUT2D eigenvalue weighted by molar-refractivity contribution is 0.0662. The van der Waals surface area contributed by atoms with Gasteiger partial charge in [-0.25, -0.2) is 0 Å². The Morgan fingerprint density at radius 1 is 1.47 bits per heavy atom. The Labute approximate surface area is 103 Å². The van der Waals surface area contributed by atoms with Gasteiger partial charge < -0.3 is 14.8 Å². The standard InChI is InChI=1S/C14H21NO2/c1-5-15-12-9-14(2,3)17-13-7-6-10(16-4)8-11(12)13/h6-8,12,15H,5,9H2,1-4H3. The van der Waals surface area contributed by atoms with Crippen LogP contribution < -0.4 is 14.8 Å². The summed E-state index contributed by atoms with van der Waals surface area (Å²) in [6.07, 6.45) is 0.973. The van der Waals surface area contributed by atoms with Gasteiger partial charge in [-0.15, -0.1) is 0 Å². The summed E-state index contributed by atoms with van der Waals surface area (Å²) < 4.78 is 11.3. The number of hydrogen-bond acceptors (Lipinski definition) is 3. The Morgan fingerprint density at radius 2 is 2.24 bits per heavy atom. The maximum Gasteiger partial charge on any atom is 0.125 e. The minimum Gasteiger partial charge on any atom is -0.497 e. The Hall–Kier alpha value is -1.22. The molecule has 1 aromatic rings. The van der Waals surface area contributed by atoms with Gasteiger partial charge in [0.15, 0.2) is 0 Å². The quantitative estimate of drug-likeness (QED) is 0.873. The van der Waals surface area contributed by atoms with Crippen molar-refractivity contribution in [2.24, 2.45) is 0 Å². The molecular formula is C14H21NO2. The SMILES string of the molecule is CCNC1CC(C)(C)Oc2ccc(OC)cc21. The lowest BCUT2D eigenvalue weighted by Crippen LogP contribution is -2.39. The van der Waals surface area contributed by atoms with Gasteiger partial charge in [-0.3, -0.25) is 0 Å². The highest BCUT2D eigenvalue weighted by Gasteiger charge is 2.33. The molecule has 1 atom stereocenters. The number of nitrogens with one attached hydrogen (secondary N) is 1. The van der Waals surface area contributed by atoms with Crippen LogP contribution >= 0.6 is 0 Å². The summed E-state index contributed by atoms with van der Waals surface area (Å²) in [5.41, 5.74) is 1.08. The lowest BCUT2D eigenvalue weighted by Gasteiger charge is -2.38. The smallest absolute Gasteiger partial charge is 0.125 e. The van der Waals surface area contributed by atoms with Gasteiger partial charge in [0.05, 0.1) is 7.11 Å². The predicted molar refractivity (Wildman–Crippen MR) is 68.7 cm³/mol. The van der Waals surface area contributed by atoms with Crippen LogP contribution in [0.15, 0.2) is 18.2 Å². The van der Waals surface area contributed by atoms with Crippen molar-refractivity contribution in [2.45, 2.75) is 38.8 Å². The van der Waals surface area contributed by atoms with Gasteiger partial charge >= 0.3 is 0 Å². The molecule has 0 aliphatic carbocycles. The second kappa shape index (κ2) is 4.57. The fourth-order valence-electron chi connectivity index (χ4n) is 2.39. The first-order chi connectivity index (χ1) is 8.05. The van der Waals surface area contributed by atoms with Gasteiger partial charge in [-0.1, -0.05) is 6.92 Å². The lowest BCUT2D eigenvalue weighted by atomic mass is 9.89. The first-order valence-electron chi connectivity index (χ1n) is 6.16. The van der Waals surface area contributed by atoms with E-state index in [1.54, 1.807) is 7.11 Å². The van der Waals surface area contributed by atoms with E-state index in [2.05, 4.69) is 32.2 Å². The number of benzene rings is 1. The molecule has 1 heterocycles. The first-order valence-corrected chi connectivity index (χ1v) is 6.16. The molecule has 0 spiro atoms. The van der Waals surface area contributed by atoms with Crippen LogP contribution in [0.1, 0.15) is 38.8 Å². The van der Waals surface area contributed by atoms with Crippen LogP contribution in [0.25, 0.3) is 0 Å². The zero-order valence-corrected chi connectivity index (χ0v) is 11.0. The largest absolute Gasteiger partial charge is 0.497 e. The third-order valence-corrected chi connectivity index (χ3v) is 3.12. The maximum atomic E-state index is 6.00. The van der Waals surface area contributed by atoms with Crippen LogP contribution in [0.2, 0.25) is 0 Å². The van der Waals surface area contributed by atoms with E-state index in [9.17, 15) is 0 Å². The first kappa shape index (κ1) is 12.2. The van der Waals surface area contributed by atoms with Crippen LogP contribution in [-0.4, -0.2) is 19.3 Å². The summed E-state index contributed by atoms with van der Waals surface area (Å²) in [5, 5.41) is 3.51. The second-order valence-electron chi connectivity index (χ2n) is 5.08. The van der Waals surface area contributed by atoms with Gasteiger partial charge in [0, 0.05) is 18.0 Å². The van der Waals surface area contributed by atoms with Crippen molar-refractivity contribution in [1.82, 2.24) is 5.32 Å². The van der Waals surface area contributed by atoms with E-state index in [4.69, 9.17) is 9.47 Å². The van der Waals surface area contributed by atoms with Gasteiger partial charge in [0.1, 0.15) is 17.1 Å². The molecule has 0 bridgehead atoms. The van der Waals surface area contributed by atoms with E-state index in [1.165, 1.54) is 5.56 Å². The molecule has 0 saturated carbocycles. The summed E-state index contributed by atoms with van der Waals surface area (Å²) in [7, 11) is 1.69. The van der Waals surface area contributed by atoms with Crippen molar-refractivity contribution in [1.29, 1.82) is 0 Å².